The molecular formula is C21H23N5O. The first-order chi connectivity index (χ1) is 13.3. The van der Waals surface area contributed by atoms with E-state index in [0.717, 1.165) is 43.4 Å². The fraction of sp³-hybridized carbons (Fsp3) is 0.381. The normalized spacial score (nSPS) is 27.0. The average molecular weight is 361 g/mol. The molecule has 0 aliphatic carbocycles. The van der Waals surface area contributed by atoms with Gasteiger partial charge in [-0.05, 0) is 62.0 Å². The summed E-state index contributed by atoms with van der Waals surface area (Å²) < 4.78 is 0. The number of hydrogen-bond donors (Lipinski definition) is 2. The van der Waals surface area contributed by atoms with Crippen LogP contribution in [-0.4, -0.2) is 50.9 Å². The molecule has 6 heteroatoms. The Bertz CT molecular complexity index is 912. The number of benzene rings is 1. The largest absolute Gasteiger partial charge is 0.345 e. The first kappa shape index (κ1) is 16.4. The minimum atomic E-state index is -0.110. The number of aromatic amines is 1. The van der Waals surface area contributed by atoms with Crippen LogP contribution in [0, 0.1) is 5.92 Å². The van der Waals surface area contributed by atoms with Crippen molar-refractivity contribution in [2.45, 2.75) is 31.3 Å². The van der Waals surface area contributed by atoms with Crippen molar-refractivity contribution >= 4 is 16.9 Å². The molecule has 138 valence electrons. The smallest absolute Gasteiger partial charge is 0.287 e. The van der Waals surface area contributed by atoms with Gasteiger partial charge in [0.2, 0.25) is 0 Å². The fourth-order valence-electron chi connectivity index (χ4n) is 4.66. The number of amides is 1. The lowest BCUT2D eigenvalue weighted by Gasteiger charge is -2.51. The highest BCUT2D eigenvalue weighted by molar-refractivity contribution is 5.94. The Morgan fingerprint density at radius 2 is 2.04 bits per heavy atom. The molecule has 3 saturated heterocycles. The maximum Gasteiger partial charge on any atom is 0.287 e. The Morgan fingerprint density at radius 3 is 2.81 bits per heavy atom. The Balaban J connectivity index is 1.38. The summed E-state index contributed by atoms with van der Waals surface area (Å²) >= 11 is 0. The third-order valence-corrected chi connectivity index (χ3v) is 6.04. The lowest BCUT2D eigenvalue weighted by atomic mass is 9.77. The Hall–Kier alpha value is -2.73. The second kappa shape index (κ2) is 6.78. The van der Waals surface area contributed by atoms with E-state index in [1.54, 1.807) is 6.20 Å². The number of rotatable bonds is 4. The number of imidazole rings is 1. The molecule has 3 aromatic rings. The molecule has 2 unspecified atom stereocenters. The van der Waals surface area contributed by atoms with E-state index < -0.39 is 0 Å². The van der Waals surface area contributed by atoms with Crippen molar-refractivity contribution in [2.75, 3.05) is 13.1 Å². The third kappa shape index (κ3) is 3.10. The summed E-state index contributed by atoms with van der Waals surface area (Å²) in [5, 5.41) is 3.30. The summed E-state index contributed by atoms with van der Waals surface area (Å²) in [6.07, 6.45) is 6.94. The van der Waals surface area contributed by atoms with Gasteiger partial charge in [0.05, 0.1) is 11.0 Å². The van der Waals surface area contributed by atoms with Crippen LogP contribution < -0.4 is 5.32 Å². The predicted molar refractivity (Wildman–Crippen MR) is 103 cm³/mol. The van der Waals surface area contributed by atoms with Crippen molar-refractivity contribution in [3.05, 3.63) is 60.2 Å². The van der Waals surface area contributed by atoms with Crippen molar-refractivity contribution in [3.8, 4) is 0 Å². The molecule has 0 radical (unpaired) electrons. The summed E-state index contributed by atoms with van der Waals surface area (Å²) in [5.41, 5.74) is 2.94. The van der Waals surface area contributed by atoms with Crippen molar-refractivity contribution in [3.63, 3.8) is 0 Å². The summed E-state index contributed by atoms with van der Waals surface area (Å²) in [7, 11) is 0. The molecule has 1 amide bonds. The zero-order valence-electron chi connectivity index (χ0n) is 15.1. The zero-order chi connectivity index (χ0) is 18.2. The van der Waals surface area contributed by atoms with Crippen molar-refractivity contribution < 1.29 is 4.79 Å². The molecule has 2 N–H and O–H groups in total. The van der Waals surface area contributed by atoms with Crippen LogP contribution in [0.3, 0.4) is 0 Å². The molecule has 1 aromatic carbocycles. The number of H-pyrrole nitrogens is 1. The van der Waals surface area contributed by atoms with Gasteiger partial charge in [-0.1, -0.05) is 18.2 Å². The average Bonchev–Trinajstić information content (AvgIpc) is 3.16. The summed E-state index contributed by atoms with van der Waals surface area (Å²) in [4.78, 5) is 27.3. The molecule has 3 aliphatic rings. The van der Waals surface area contributed by atoms with Gasteiger partial charge in [-0.2, -0.15) is 0 Å². The monoisotopic (exact) mass is 361 g/mol. The van der Waals surface area contributed by atoms with Crippen LogP contribution in [0.1, 0.15) is 29.0 Å². The van der Waals surface area contributed by atoms with Crippen LogP contribution in [0.25, 0.3) is 11.0 Å². The van der Waals surface area contributed by atoms with Crippen LogP contribution in [-0.2, 0) is 6.42 Å². The third-order valence-electron chi connectivity index (χ3n) is 6.04. The highest BCUT2D eigenvalue weighted by Gasteiger charge is 2.43. The molecular weight excluding hydrogens is 338 g/mol. The van der Waals surface area contributed by atoms with E-state index in [0.29, 0.717) is 17.8 Å². The van der Waals surface area contributed by atoms with Gasteiger partial charge in [-0.25, -0.2) is 4.98 Å². The van der Waals surface area contributed by atoms with Crippen molar-refractivity contribution in [2.24, 2.45) is 5.92 Å². The van der Waals surface area contributed by atoms with Gasteiger partial charge in [0.15, 0.2) is 5.82 Å². The Kier molecular flexibility index (Phi) is 4.13. The van der Waals surface area contributed by atoms with Gasteiger partial charge in [-0.15, -0.1) is 0 Å². The molecule has 6 rings (SSSR count). The van der Waals surface area contributed by atoms with E-state index in [-0.39, 0.29) is 11.9 Å². The number of nitrogens with one attached hydrogen (secondary N) is 2. The highest BCUT2D eigenvalue weighted by atomic mass is 16.2. The number of hydrogen-bond acceptors (Lipinski definition) is 4. The van der Waals surface area contributed by atoms with Crippen LogP contribution in [0.2, 0.25) is 0 Å². The first-order valence-corrected chi connectivity index (χ1v) is 9.66. The maximum atomic E-state index is 12.9. The lowest BCUT2D eigenvalue weighted by Crippen LogP contribution is -2.64. The van der Waals surface area contributed by atoms with Gasteiger partial charge in [0.1, 0.15) is 0 Å². The van der Waals surface area contributed by atoms with E-state index in [9.17, 15) is 4.79 Å². The molecule has 27 heavy (non-hydrogen) atoms. The van der Waals surface area contributed by atoms with Gasteiger partial charge in [0.25, 0.3) is 5.91 Å². The van der Waals surface area contributed by atoms with E-state index >= 15 is 0 Å². The highest BCUT2D eigenvalue weighted by Crippen LogP contribution is 2.34. The zero-order valence-corrected chi connectivity index (χ0v) is 15.1. The van der Waals surface area contributed by atoms with Crippen LogP contribution in [0.15, 0.2) is 48.8 Å². The molecule has 6 nitrogen and oxygen atoms in total. The molecule has 3 fully saturated rings. The van der Waals surface area contributed by atoms with Crippen LogP contribution in [0.5, 0.6) is 0 Å². The standard InChI is InChI=1S/C21H23N5O/c27-21(20-23-16-5-1-2-6-17(16)24-20)25-19-15-7-10-26(11-8-15)18(19)12-14-4-3-9-22-13-14/h1-6,9,13,15,18-19H,7-8,10-12H2,(H,23,24)(H,25,27). The summed E-state index contributed by atoms with van der Waals surface area (Å²) in [6.45, 7) is 2.24. The quantitative estimate of drug-likeness (QED) is 0.748. The van der Waals surface area contributed by atoms with Gasteiger partial charge in [-0.3, -0.25) is 14.7 Å². The van der Waals surface area contributed by atoms with Crippen LogP contribution in [0.4, 0.5) is 0 Å². The van der Waals surface area contributed by atoms with Crippen molar-refractivity contribution in [1.29, 1.82) is 0 Å². The van der Waals surface area contributed by atoms with Gasteiger partial charge in [0, 0.05) is 24.5 Å². The minimum absolute atomic E-state index is 0.110. The molecule has 3 aliphatic heterocycles. The molecule has 2 aromatic heterocycles. The first-order valence-electron chi connectivity index (χ1n) is 9.66. The maximum absolute atomic E-state index is 12.9. The Morgan fingerprint density at radius 1 is 1.19 bits per heavy atom. The summed E-state index contributed by atoms with van der Waals surface area (Å²) in [6, 6.07) is 12.3. The van der Waals surface area contributed by atoms with E-state index in [4.69, 9.17) is 0 Å². The predicted octanol–water partition coefficient (Wildman–Crippen LogP) is 2.39. The lowest BCUT2D eigenvalue weighted by molar-refractivity contribution is 0.0134. The molecule has 0 spiro atoms. The van der Waals surface area contributed by atoms with Gasteiger partial charge >= 0.3 is 0 Å². The molecule has 0 saturated carbocycles. The van der Waals surface area contributed by atoms with Crippen LogP contribution >= 0.6 is 0 Å². The van der Waals surface area contributed by atoms with Crippen molar-refractivity contribution in [1.82, 2.24) is 25.2 Å². The number of fused-ring (bicyclic) bond motifs is 4. The summed E-state index contributed by atoms with van der Waals surface area (Å²) in [5.74, 6) is 0.818. The number of para-hydroxylation sites is 2. The number of piperidine rings is 3. The minimum Gasteiger partial charge on any atom is -0.345 e. The molecule has 2 bridgehead atoms. The fourth-order valence-corrected chi connectivity index (χ4v) is 4.66. The number of nitrogens with zero attached hydrogens (tertiary/aromatic N) is 3. The molecule has 2 atom stereocenters. The topological polar surface area (TPSA) is 73.9 Å². The SMILES string of the molecule is O=C(NC1C2CCN(CC2)C1Cc1cccnc1)c1nc2ccccc2[nH]1. The van der Waals surface area contributed by atoms with E-state index in [1.807, 2.05) is 36.5 Å². The number of pyridine rings is 1. The van der Waals surface area contributed by atoms with Gasteiger partial charge < -0.3 is 10.3 Å². The Labute approximate surface area is 158 Å². The van der Waals surface area contributed by atoms with E-state index in [2.05, 4.69) is 31.2 Å². The second-order valence-electron chi connectivity index (χ2n) is 7.61. The second-order valence-corrected chi connectivity index (χ2v) is 7.61. The number of carbonyl (C=O) groups is 1. The molecule has 5 heterocycles. The van der Waals surface area contributed by atoms with E-state index in [1.165, 1.54) is 5.56 Å². The number of carbonyl (C=O) groups excluding carboxylic acids is 1. The number of aromatic nitrogens is 3.